The lowest BCUT2D eigenvalue weighted by Gasteiger charge is -2.18. The van der Waals surface area contributed by atoms with E-state index >= 15 is 0 Å². The highest BCUT2D eigenvalue weighted by molar-refractivity contribution is 4.75. The Kier molecular flexibility index (Phi) is 3.92. The average Bonchev–Trinajstić information content (AvgIpc) is 2.15. The summed E-state index contributed by atoms with van der Waals surface area (Å²) in [5.74, 6) is 0. The predicted molar refractivity (Wildman–Crippen MR) is 49.8 cm³/mol. The van der Waals surface area contributed by atoms with Gasteiger partial charge in [0.2, 0.25) is 0 Å². The molecule has 0 aromatic rings. The molecule has 1 aliphatic rings. The Balaban J connectivity index is 2.27. The molecule has 0 aliphatic carbocycles. The molecule has 0 aromatic carbocycles. The molecule has 2 unspecified atom stereocenters. The normalized spacial score (nSPS) is 33.3. The molecule has 1 saturated heterocycles. The maximum absolute atomic E-state index is 3.68. The van der Waals surface area contributed by atoms with Crippen molar-refractivity contribution in [3.63, 3.8) is 0 Å². The van der Waals surface area contributed by atoms with Crippen LogP contribution >= 0.6 is 0 Å². The van der Waals surface area contributed by atoms with Crippen molar-refractivity contribution >= 4 is 0 Å². The van der Waals surface area contributed by atoms with E-state index in [-0.39, 0.29) is 0 Å². The van der Waals surface area contributed by atoms with Gasteiger partial charge < -0.3 is 5.32 Å². The fourth-order valence-electron chi connectivity index (χ4n) is 1.99. The smallest absolute Gasteiger partial charge is 0.00694 e. The summed E-state index contributed by atoms with van der Waals surface area (Å²) in [7, 11) is 0. The molecule has 66 valence electrons. The van der Waals surface area contributed by atoms with Crippen molar-refractivity contribution in [1.82, 2.24) is 5.32 Å². The molecule has 1 heterocycles. The van der Waals surface area contributed by atoms with Crippen LogP contribution in [0.25, 0.3) is 0 Å². The highest BCUT2D eigenvalue weighted by atomic mass is 14.9. The Bertz CT molecular complexity index is 101. The standard InChI is InChI=1S/C10H21N/c1-3-6-10-8-5-4-7-9(2)11-10/h9-11H,3-8H2,1-2H3. The largest absolute Gasteiger partial charge is 0.312 e. The molecule has 0 saturated carbocycles. The van der Waals surface area contributed by atoms with Gasteiger partial charge in [-0.25, -0.2) is 0 Å². The minimum atomic E-state index is 0.758. The molecule has 1 rings (SSSR count). The van der Waals surface area contributed by atoms with E-state index in [9.17, 15) is 0 Å². The van der Waals surface area contributed by atoms with Gasteiger partial charge in [-0.2, -0.15) is 0 Å². The number of hydrogen-bond acceptors (Lipinski definition) is 1. The molecule has 0 bridgehead atoms. The fraction of sp³-hybridized carbons (Fsp3) is 1.00. The molecule has 11 heavy (non-hydrogen) atoms. The van der Waals surface area contributed by atoms with Gasteiger partial charge in [0.05, 0.1) is 0 Å². The van der Waals surface area contributed by atoms with Crippen LogP contribution in [0.3, 0.4) is 0 Å². The summed E-state index contributed by atoms with van der Waals surface area (Å²) < 4.78 is 0. The van der Waals surface area contributed by atoms with Crippen LogP contribution in [0.4, 0.5) is 0 Å². The van der Waals surface area contributed by atoms with Gasteiger partial charge in [0.1, 0.15) is 0 Å². The minimum absolute atomic E-state index is 0.758. The van der Waals surface area contributed by atoms with E-state index in [1.54, 1.807) is 0 Å². The lowest BCUT2D eigenvalue weighted by Crippen LogP contribution is -2.34. The molecule has 1 heteroatoms. The Hall–Kier alpha value is -0.0400. The molecule has 1 fully saturated rings. The third-order valence-corrected chi connectivity index (χ3v) is 2.60. The van der Waals surface area contributed by atoms with Crippen molar-refractivity contribution < 1.29 is 0 Å². The van der Waals surface area contributed by atoms with E-state index in [4.69, 9.17) is 0 Å². The number of hydrogen-bond donors (Lipinski definition) is 1. The SMILES string of the molecule is CCCC1CCCCC(C)N1. The molecule has 2 atom stereocenters. The second kappa shape index (κ2) is 4.76. The van der Waals surface area contributed by atoms with Gasteiger partial charge in [0.25, 0.3) is 0 Å². The summed E-state index contributed by atoms with van der Waals surface area (Å²) in [6.07, 6.45) is 8.32. The highest BCUT2D eigenvalue weighted by Gasteiger charge is 2.14. The van der Waals surface area contributed by atoms with Crippen molar-refractivity contribution in [1.29, 1.82) is 0 Å². The summed E-state index contributed by atoms with van der Waals surface area (Å²) in [4.78, 5) is 0. The van der Waals surface area contributed by atoms with Crippen LogP contribution in [0.5, 0.6) is 0 Å². The Morgan fingerprint density at radius 2 is 2.00 bits per heavy atom. The van der Waals surface area contributed by atoms with E-state index < -0.39 is 0 Å². The third kappa shape index (κ3) is 3.24. The minimum Gasteiger partial charge on any atom is -0.312 e. The maximum atomic E-state index is 3.68. The van der Waals surface area contributed by atoms with Gasteiger partial charge in [0.15, 0.2) is 0 Å². The second-order valence-electron chi connectivity index (χ2n) is 3.84. The van der Waals surface area contributed by atoms with Gasteiger partial charge in [-0.15, -0.1) is 0 Å². The molecule has 0 radical (unpaired) electrons. The van der Waals surface area contributed by atoms with Crippen LogP contribution in [-0.2, 0) is 0 Å². The first kappa shape index (κ1) is 9.05. The van der Waals surface area contributed by atoms with Crippen molar-refractivity contribution in [2.24, 2.45) is 0 Å². The van der Waals surface area contributed by atoms with Crippen LogP contribution < -0.4 is 5.32 Å². The van der Waals surface area contributed by atoms with Crippen molar-refractivity contribution in [2.45, 2.75) is 64.5 Å². The summed E-state index contributed by atoms with van der Waals surface area (Å²) in [5, 5.41) is 3.68. The highest BCUT2D eigenvalue weighted by Crippen LogP contribution is 2.15. The number of nitrogens with one attached hydrogen (secondary N) is 1. The lowest BCUT2D eigenvalue weighted by molar-refractivity contribution is 0.424. The Labute approximate surface area is 70.6 Å². The molecule has 1 nitrogen and oxygen atoms in total. The van der Waals surface area contributed by atoms with Crippen LogP contribution in [0, 0.1) is 0 Å². The third-order valence-electron chi connectivity index (χ3n) is 2.60. The van der Waals surface area contributed by atoms with E-state index in [0.717, 1.165) is 12.1 Å². The van der Waals surface area contributed by atoms with Crippen molar-refractivity contribution in [3.8, 4) is 0 Å². The summed E-state index contributed by atoms with van der Waals surface area (Å²) in [5.41, 5.74) is 0. The Morgan fingerprint density at radius 3 is 2.73 bits per heavy atom. The van der Waals surface area contributed by atoms with Crippen molar-refractivity contribution in [3.05, 3.63) is 0 Å². The molecular formula is C10H21N. The molecular weight excluding hydrogens is 134 g/mol. The first-order valence-corrected chi connectivity index (χ1v) is 5.09. The fourth-order valence-corrected chi connectivity index (χ4v) is 1.99. The zero-order chi connectivity index (χ0) is 8.10. The average molecular weight is 155 g/mol. The zero-order valence-corrected chi connectivity index (χ0v) is 7.90. The van der Waals surface area contributed by atoms with Gasteiger partial charge in [-0.1, -0.05) is 26.2 Å². The van der Waals surface area contributed by atoms with E-state index in [0.29, 0.717) is 0 Å². The summed E-state index contributed by atoms with van der Waals surface area (Å²) in [6, 6.07) is 1.58. The summed E-state index contributed by atoms with van der Waals surface area (Å²) in [6.45, 7) is 4.59. The van der Waals surface area contributed by atoms with E-state index in [1.807, 2.05) is 0 Å². The molecule has 0 spiro atoms. The quantitative estimate of drug-likeness (QED) is 0.646. The van der Waals surface area contributed by atoms with Crippen LogP contribution in [0.1, 0.15) is 52.4 Å². The van der Waals surface area contributed by atoms with Crippen LogP contribution in [-0.4, -0.2) is 12.1 Å². The van der Waals surface area contributed by atoms with Gasteiger partial charge >= 0.3 is 0 Å². The van der Waals surface area contributed by atoms with Crippen LogP contribution in [0.2, 0.25) is 0 Å². The molecule has 1 N–H and O–H groups in total. The Morgan fingerprint density at radius 1 is 1.27 bits per heavy atom. The topological polar surface area (TPSA) is 12.0 Å². The summed E-state index contributed by atoms with van der Waals surface area (Å²) >= 11 is 0. The van der Waals surface area contributed by atoms with E-state index in [2.05, 4.69) is 19.2 Å². The van der Waals surface area contributed by atoms with Crippen molar-refractivity contribution in [2.75, 3.05) is 0 Å². The van der Waals surface area contributed by atoms with Gasteiger partial charge in [-0.3, -0.25) is 0 Å². The number of rotatable bonds is 2. The first-order chi connectivity index (χ1) is 5.33. The predicted octanol–water partition coefficient (Wildman–Crippen LogP) is 2.71. The first-order valence-electron chi connectivity index (χ1n) is 5.09. The van der Waals surface area contributed by atoms with E-state index in [1.165, 1.54) is 38.5 Å². The second-order valence-corrected chi connectivity index (χ2v) is 3.84. The molecule has 0 aromatic heterocycles. The zero-order valence-electron chi connectivity index (χ0n) is 7.90. The maximum Gasteiger partial charge on any atom is 0.00694 e. The monoisotopic (exact) mass is 155 g/mol. The van der Waals surface area contributed by atoms with Gasteiger partial charge in [0, 0.05) is 12.1 Å². The lowest BCUT2D eigenvalue weighted by atomic mass is 10.1. The molecule has 0 amide bonds. The van der Waals surface area contributed by atoms with Crippen LogP contribution in [0.15, 0.2) is 0 Å². The van der Waals surface area contributed by atoms with Gasteiger partial charge in [-0.05, 0) is 26.2 Å². The molecule has 1 aliphatic heterocycles.